The molecule has 5 nitrogen and oxygen atoms in total. The summed E-state index contributed by atoms with van der Waals surface area (Å²) in [4.78, 5) is 14.8. The molecule has 1 saturated heterocycles. The third-order valence-electron chi connectivity index (χ3n) is 8.46. The Kier molecular flexibility index (Phi) is 8.80. The first kappa shape index (κ1) is 25.6. The van der Waals surface area contributed by atoms with Crippen molar-refractivity contribution in [1.82, 2.24) is 4.90 Å². The molecule has 1 aliphatic carbocycles. The summed E-state index contributed by atoms with van der Waals surface area (Å²) in [6.07, 6.45) is 8.73. The average Bonchev–Trinajstić information content (AvgIpc) is 3.15. The van der Waals surface area contributed by atoms with Crippen molar-refractivity contribution in [3.8, 4) is 0 Å². The Morgan fingerprint density at radius 2 is 1.77 bits per heavy atom. The highest BCUT2D eigenvalue weighted by atomic mass is 16.5. The van der Waals surface area contributed by atoms with E-state index >= 15 is 0 Å². The van der Waals surface area contributed by atoms with Gasteiger partial charge in [0, 0.05) is 18.6 Å². The molecule has 1 aliphatic heterocycles. The van der Waals surface area contributed by atoms with Crippen LogP contribution in [0.1, 0.15) is 92.4 Å². The van der Waals surface area contributed by atoms with E-state index in [0.29, 0.717) is 12.0 Å². The van der Waals surface area contributed by atoms with Gasteiger partial charge in [-0.1, -0.05) is 53.9 Å². The van der Waals surface area contributed by atoms with Gasteiger partial charge in [-0.15, -0.1) is 0 Å². The van der Waals surface area contributed by atoms with Crippen LogP contribution >= 0.6 is 0 Å². The fourth-order valence-electron chi connectivity index (χ4n) is 6.21. The lowest BCUT2D eigenvalue weighted by molar-refractivity contribution is -0.129. The maximum absolute atomic E-state index is 12.3. The molecule has 2 rings (SSSR count). The first-order chi connectivity index (χ1) is 14.0. The van der Waals surface area contributed by atoms with Crippen LogP contribution in [0.2, 0.25) is 0 Å². The molecule has 2 atom stereocenters. The second kappa shape index (κ2) is 10.3. The number of hydrogen-bond donors (Lipinski definition) is 2. The summed E-state index contributed by atoms with van der Waals surface area (Å²) in [5.74, 6) is 0.605. The molecule has 2 unspecified atom stereocenters. The van der Waals surface area contributed by atoms with Crippen molar-refractivity contribution in [3.05, 3.63) is 0 Å². The third-order valence-corrected chi connectivity index (χ3v) is 8.46. The maximum Gasteiger partial charge on any atom is 0.223 e. The number of aliphatic hydroxyl groups is 1. The molecule has 30 heavy (non-hydrogen) atoms. The lowest BCUT2D eigenvalue weighted by Gasteiger charge is -2.46. The topological polar surface area (TPSA) is 75.8 Å². The standard InChI is InChI=1S/C25H48N2O3/c1-7-24(4,5)19-10-14-27(15-11-19)20(21(28)17-30-6)16-23(2,3)18-25(22(26)29)12-8-9-13-25/h19-21,28H,7-18H2,1-6H3,(H2,26,29). The number of aliphatic hydroxyl groups excluding tert-OH is 1. The van der Waals surface area contributed by atoms with Crippen LogP contribution in [0.3, 0.4) is 0 Å². The molecular weight excluding hydrogens is 376 g/mol. The van der Waals surface area contributed by atoms with Gasteiger partial charge in [0.1, 0.15) is 0 Å². The molecular formula is C25H48N2O3. The molecule has 0 aromatic heterocycles. The van der Waals surface area contributed by atoms with E-state index in [-0.39, 0.29) is 22.8 Å². The fourth-order valence-corrected chi connectivity index (χ4v) is 6.21. The van der Waals surface area contributed by atoms with Gasteiger partial charge >= 0.3 is 0 Å². The van der Waals surface area contributed by atoms with Crippen LogP contribution in [0.4, 0.5) is 0 Å². The molecule has 3 N–H and O–H groups in total. The Bertz CT molecular complexity index is 547. The van der Waals surface area contributed by atoms with Crippen LogP contribution in [-0.4, -0.2) is 54.9 Å². The Labute approximate surface area is 185 Å². The zero-order valence-electron chi connectivity index (χ0n) is 20.5. The van der Waals surface area contributed by atoms with Gasteiger partial charge in [-0.2, -0.15) is 0 Å². The van der Waals surface area contributed by atoms with Crippen molar-refractivity contribution in [1.29, 1.82) is 0 Å². The Balaban J connectivity index is 2.10. The van der Waals surface area contributed by atoms with Crippen LogP contribution in [-0.2, 0) is 9.53 Å². The number of methoxy groups -OCH3 is 1. The number of nitrogens with zero attached hydrogens (tertiary/aromatic N) is 1. The number of carbonyl (C=O) groups excluding carboxylic acids is 1. The minimum absolute atomic E-state index is 0.0527. The van der Waals surface area contributed by atoms with Gasteiger partial charge in [-0.05, 0) is 68.4 Å². The number of carbonyl (C=O) groups is 1. The minimum atomic E-state index is -0.516. The van der Waals surface area contributed by atoms with Crippen LogP contribution < -0.4 is 5.73 Å². The largest absolute Gasteiger partial charge is 0.389 e. The predicted octanol–water partition coefficient (Wildman–Crippen LogP) is 4.36. The zero-order chi connectivity index (χ0) is 22.6. The number of primary amides is 1. The molecule has 0 bridgehead atoms. The monoisotopic (exact) mass is 424 g/mol. The fraction of sp³-hybridized carbons (Fsp3) is 0.960. The van der Waals surface area contributed by atoms with E-state index in [1.807, 2.05) is 0 Å². The van der Waals surface area contributed by atoms with Gasteiger partial charge in [-0.3, -0.25) is 9.69 Å². The quantitative estimate of drug-likeness (QED) is 0.517. The van der Waals surface area contributed by atoms with Gasteiger partial charge < -0.3 is 15.6 Å². The normalized spacial score (nSPS) is 23.4. The summed E-state index contributed by atoms with van der Waals surface area (Å²) in [6, 6.07) is 0.0527. The minimum Gasteiger partial charge on any atom is -0.389 e. The smallest absolute Gasteiger partial charge is 0.223 e. The molecule has 0 spiro atoms. The highest BCUT2D eigenvalue weighted by Gasteiger charge is 2.45. The number of likely N-dealkylation sites (tertiary alicyclic amines) is 1. The summed E-state index contributed by atoms with van der Waals surface area (Å²) < 4.78 is 5.32. The second-order valence-electron chi connectivity index (χ2n) is 11.6. The lowest BCUT2D eigenvalue weighted by Crippen LogP contribution is -2.52. The van der Waals surface area contributed by atoms with Crippen LogP contribution in [0.25, 0.3) is 0 Å². The van der Waals surface area contributed by atoms with Crippen LogP contribution in [0, 0.1) is 22.2 Å². The van der Waals surface area contributed by atoms with E-state index < -0.39 is 6.10 Å². The third kappa shape index (κ3) is 6.20. The van der Waals surface area contributed by atoms with E-state index in [2.05, 4.69) is 39.5 Å². The number of amides is 1. The summed E-state index contributed by atoms with van der Waals surface area (Å²) in [6.45, 7) is 14.0. The van der Waals surface area contributed by atoms with E-state index in [0.717, 1.165) is 57.5 Å². The second-order valence-corrected chi connectivity index (χ2v) is 11.6. The van der Waals surface area contributed by atoms with E-state index in [9.17, 15) is 9.90 Å². The van der Waals surface area contributed by atoms with Gasteiger partial charge in [0.15, 0.2) is 0 Å². The SMILES string of the molecule is CCC(C)(C)C1CCN(C(CC(C)(C)CC2(C(N)=O)CCCC2)C(O)COC)CC1. The highest BCUT2D eigenvalue weighted by Crippen LogP contribution is 2.48. The summed E-state index contributed by atoms with van der Waals surface area (Å²) in [5.41, 5.74) is 5.81. The van der Waals surface area contributed by atoms with Crippen LogP contribution in [0.15, 0.2) is 0 Å². The average molecular weight is 425 g/mol. The van der Waals surface area contributed by atoms with Gasteiger partial charge in [0.2, 0.25) is 5.91 Å². The number of piperidine rings is 1. The van der Waals surface area contributed by atoms with Crippen molar-refractivity contribution >= 4 is 5.91 Å². The molecule has 2 aliphatic rings. The van der Waals surface area contributed by atoms with E-state index in [1.165, 1.54) is 19.3 Å². The first-order valence-corrected chi connectivity index (χ1v) is 12.2. The van der Waals surface area contributed by atoms with Crippen LogP contribution in [0.5, 0.6) is 0 Å². The number of rotatable bonds is 11. The lowest BCUT2D eigenvalue weighted by atomic mass is 9.68. The Hall–Kier alpha value is -0.650. The molecule has 1 heterocycles. The first-order valence-electron chi connectivity index (χ1n) is 12.2. The molecule has 0 aromatic rings. The van der Waals surface area contributed by atoms with Crippen molar-refractivity contribution in [2.75, 3.05) is 26.8 Å². The molecule has 1 saturated carbocycles. The number of ether oxygens (including phenoxy) is 1. The summed E-state index contributed by atoms with van der Waals surface area (Å²) in [7, 11) is 1.65. The van der Waals surface area contributed by atoms with Gasteiger partial charge in [-0.25, -0.2) is 0 Å². The number of nitrogens with two attached hydrogens (primary N) is 1. The van der Waals surface area contributed by atoms with Crippen molar-refractivity contribution in [3.63, 3.8) is 0 Å². The molecule has 2 fully saturated rings. The van der Waals surface area contributed by atoms with Crippen molar-refractivity contribution in [2.24, 2.45) is 27.9 Å². The Morgan fingerprint density at radius 1 is 1.20 bits per heavy atom. The molecule has 0 radical (unpaired) electrons. The zero-order valence-corrected chi connectivity index (χ0v) is 20.5. The van der Waals surface area contributed by atoms with Crippen molar-refractivity contribution < 1.29 is 14.6 Å². The highest BCUT2D eigenvalue weighted by molar-refractivity contribution is 5.81. The van der Waals surface area contributed by atoms with Gasteiger partial charge in [0.05, 0.1) is 12.7 Å². The summed E-state index contributed by atoms with van der Waals surface area (Å²) >= 11 is 0. The maximum atomic E-state index is 12.3. The molecule has 5 heteroatoms. The molecule has 176 valence electrons. The van der Waals surface area contributed by atoms with E-state index in [1.54, 1.807) is 7.11 Å². The van der Waals surface area contributed by atoms with Crippen molar-refractivity contribution in [2.45, 2.75) is 105 Å². The summed E-state index contributed by atoms with van der Waals surface area (Å²) in [5, 5.41) is 11.0. The molecule has 1 amide bonds. The van der Waals surface area contributed by atoms with E-state index in [4.69, 9.17) is 10.5 Å². The molecule has 0 aromatic carbocycles. The number of hydrogen-bond acceptors (Lipinski definition) is 4. The predicted molar refractivity (Wildman–Crippen MR) is 123 cm³/mol. The van der Waals surface area contributed by atoms with Gasteiger partial charge in [0.25, 0.3) is 0 Å². The Morgan fingerprint density at radius 3 is 2.23 bits per heavy atom.